The fraction of sp³-hybridized carbons (Fsp3) is 0.263. The number of rotatable bonds is 6. The minimum atomic E-state index is -5.67. The van der Waals surface area contributed by atoms with E-state index in [1.54, 1.807) is 5.32 Å². The van der Waals surface area contributed by atoms with Gasteiger partial charge in [-0.1, -0.05) is 6.07 Å². The Morgan fingerprint density at radius 3 is 1.88 bits per heavy atom. The van der Waals surface area contributed by atoms with Gasteiger partial charge in [0.15, 0.2) is 0 Å². The highest BCUT2D eigenvalue weighted by Crippen LogP contribution is 2.35. The summed E-state index contributed by atoms with van der Waals surface area (Å²) in [5, 5.41) is 2.79. The van der Waals surface area contributed by atoms with Crippen molar-refractivity contribution in [3.05, 3.63) is 65.2 Å². The number of hydrogen-bond donors (Lipinski definition) is 2. The van der Waals surface area contributed by atoms with Crippen molar-refractivity contribution in [1.82, 2.24) is 5.32 Å². The number of carbonyl (C=O) groups is 2. The van der Waals surface area contributed by atoms with E-state index in [1.807, 2.05) is 0 Å². The lowest BCUT2D eigenvalue weighted by molar-refractivity contribution is -0.204. The molecule has 0 unspecified atom stereocenters. The van der Waals surface area contributed by atoms with Crippen molar-refractivity contribution in [3.63, 3.8) is 0 Å². The van der Waals surface area contributed by atoms with Gasteiger partial charge >= 0.3 is 24.0 Å². The fourth-order valence-electron chi connectivity index (χ4n) is 2.54. The number of amides is 1. The molecule has 0 heterocycles. The molecule has 13 heteroatoms. The van der Waals surface area contributed by atoms with Gasteiger partial charge in [0.1, 0.15) is 17.2 Å². The van der Waals surface area contributed by atoms with Crippen LogP contribution in [0.15, 0.2) is 42.5 Å². The maximum atomic E-state index is 14.0. The first-order valence-electron chi connectivity index (χ1n) is 8.69. The Kier molecular flexibility index (Phi) is 7.00. The van der Waals surface area contributed by atoms with Crippen molar-refractivity contribution in [2.24, 2.45) is 0 Å². The summed E-state index contributed by atoms with van der Waals surface area (Å²) < 4.78 is 112. The average Bonchev–Trinajstić information content (AvgIpc) is 2.66. The summed E-state index contributed by atoms with van der Waals surface area (Å²) in [4.78, 5) is 24.6. The zero-order valence-electron chi connectivity index (χ0n) is 16.0. The number of anilines is 1. The minimum Gasteiger partial charge on any atom is -0.463 e. The summed E-state index contributed by atoms with van der Waals surface area (Å²) in [5.74, 6) is -7.11. The highest BCUT2D eigenvalue weighted by atomic mass is 19.4. The second-order valence-corrected chi connectivity index (χ2v) is 6.22. The Labute approximate surface area is 175 Å². The van der Waals surface area contributed by atoms with Crippen molar-refractivity contribution in [3.8, 4) is 0 Å². The van der Waals surface area contributed by atoms with E-state index in [4.69, 9.17) is 0 Å². The highest BCUT2D eigenvalue weighted by Gasteiger charge is 2.64. The van der Waals surface area contributed by atoms with Crippen LogP contribution in [0.1, 0.15) is 22.8 Å². The first-order valence-corrected chi connectivity index (χ1v) is 8.69. The molecule has 0 aliphatic heterocycles. The molecule has 0 aliphatic rings. The monoisotopic (exact) mass is 470 g/mol. The van der Waals surface area contributed by atoms with Gasteiger partial charge in [-0.05, 0) is 43.3 Å². The minimum absolute atomic E-state index is 0.424. The molecule has 0 aromatic heterocycles. The highest BCUT2D eigenvalue weighted by molar-refractivity contribution is 5.99. The lowest BCUT2D eigenvalue weighted by atomic mass is 10.1. The zero-order chi connectivity index (χ0) is 24.3. The second-order valence-electron chi connectivity index (χ2n) is 6.22. The number of alkyl halides is 6. The van der Waals surface area contributed by atoms with E-state index in [-0.39, 0.29) is 0 Å². The predicted octanol–water partition coefficient (Wildman–Crippen LogP) is 4.65. The van der Waals surface area contributed by atoms with Crippen LogP contribution in [-0.2, 0) is 15.7 Å². The predicted molar refractivity (Wildman–Crippen MR) is 94.3 cm³/mol. The lowest BCUT2D eigenvalue weighted by Gasteiger charge is -2.35. The van der Waals surface area contributed by atoms with Crippen molar-refractivity contribution >= 4 is 17.6 Å². The Hall–Kier alpha value is -3.38. The molecule has 1 atom stereocenters. The third-order valence-electron chi connectivity index (χ3n) is 4.04. The maximum absolute atomic E-state index is 14.0. The topological polar surface area (TPSA) is 67.4 Å². The first-order chi connectivity index (χ1) is 14.7. The fourth-order valence-corrected chi connectivity index (χ4v) is 2.54. The number of ether oxygens (including phenoxy) is 1. The molecule has 0 spiro atoms. The van der Waals surface area contributed by atoms with Gasteiger partial charge in [-0.25, -0.2) is 13.6 Å². The van der Waals surface area contributed by atoms with Gasteiger partial charge in [-0.15, -0.1) is 0 Å². The van der Waals surface area contributed by atoms with Crippen LogP contribution in [0.5, 0.6) is 0 Å². The molecule has 0 saturated carbocycles. The quantitative estimate of drug-likeness (QED) is 0.367. The van der Waals surface area contributed by atoms with Crippen LogP contribution in [0.3, 0.4) is 0 Å². The molecule has 2 N–H and O–H groups in total. The molecule has 174 valence electrons. The van der Waals surface area contributed by atoms with Crippen LogP contribution in [-0.4, -0.2) is 30.3 Å². The second kappa shape index (κ2) is 9.01. The molecule has 2 aromatic carbocycles. The molecule has 32 heavy (non-hydrogen) atoms. The summed E-state index contributed by atoms with van der Waals surface area (Å²) in [5.41, 5.74) is -7.39. The summed E-state index contributed by atoms with van der Waals surface area (Å²) in [6.07, 6.45) is -10.5. The zero-order valence-corrected chi connectivity index (χ0v) is 16.0. The molecule has 0 radical (unpaired) electrons. The average molecular weight is 470 g/mol. The Balaban J connectivity index is 2.56. The van der Waals surface area contributed by atoms with Crippen LogP contribution in [0, 0.1) is 11.6 Å². The van der Waals surface area contributed by atoms with Crippen LogP contribution in [0.2, 0.25) is 0 Å². The Bertz CT molecular complexity index is 969. The number of benzene rings is 2. The molecular formula is C19H14F8N2O3. The molecule has 0 bridgehead atoms. The van der Waals surface area contributed by atoms with E-state index >= 15 is 0 Å². The molecule has 1 amide bonds. The van der Waals surface area contributed by atoms with Gasteiger partial charge in [0.05, 0.1) is 12.2 Å². The molecular weight excluding hydrogens is 456 g/mol. The van der Waals surface area contributed by atoms with E-state index in [0.717, 1.165) is 13.0 Å². The molecule has 2 rings (SSSR count). The van der Waals surface area contributed by atoms with E-state index in [1.165, 1.54) is 5.32 Å². The van der Waals surface area contributed by atoms with Gasteiger partial charge in [-0.3, -0.25) is 4.79 Å². The third kappa shape index (κ3) is 5.08. The summed E-state index contributed by atoms with van der Waals surface area (Å²) in [6.45, 7) is 0.560. The number of esters is 1. The van der Waals surface area contributed by atoms with E-state index < -0.39 is 64.9 Å². The standard InChI is InChI=1S/C19H14F8N2O3/c1-2-32-16(31)17(19(25,26)27,28-11-8-6-10(7-9-11)18(22,23)24)29-15(30)14-12(20)4-3-5-13(14)21/h3-9,28H,2H2,1H3,(H,29,30)/t17-/m1/s1. The molecule has 0 fully saturated rings. The van der Waals surface area contributed by atoms with Crippen LogP contribution in [0.25, 0.3) is 0 Å². The van der Waals surface area contributed by atoms with Crippen LogP contribution in [0.4, 0.5) is 40.8 Å². The third-order valence-corrected chi connectivity index (χ3v) is 4.04. The first kappa shape index (κ1) is 24.9. The van der Waals surface area contributed by atoms with Crippen molar-refractivity contribution in [2.75, 3.05) is 11.9 Å². The largest absolute Gasteiger partial charge is 0.463 e. The van der Waals surface area contributed by atoms with E-state index in [9.17, 15) is 44.7 Å². The van der Waals surface area contributed by atoms with Gasteiger partial charge in [-0.2, -0.15) is 26.3 Å². The van der Waals surface area contributed by atoms with E-state index in [0.29, 0.717) is 36.4 Å². The molecule has 0 aliphatic carbocycles. The summed E-state index contributed by atoms with van der Waals surface area (Å²) in [6, 6.07) is 4.03. The number of nitrogens with one attached hydrogen (secondary N) is 2. The van der Waals surface area contributed by atoms with Crippen molar-refractivity contribution < 1.29 is 49.4 Å². The summed E-state index contributed by atoms with van der Waals surface area (Å²) >= 11 is 0. The molecule has 5 nitrogen and oxygen atoms in total. The van der Waals surface area contributed by atoms with Gasteiger partial charge < -0.3 is 15.4 Å². The van der Waals surface area contributed by atoms with Gasteiger partial charge in [0.2, 0.25) is 0 Å². The smallest absolute Gasteiger partial charge is 0.441 e. The maximum Gasteiger partial charge on any atom is 0.441 e. The van der Waals surface area contributed by atoms with E-state index in [2.05, 4.69) is 4.74 Å². The van der Waals surface area contributed by atoms with Crippen LogP contribution >= 0.6 is 0 Å². The van der Waals surface area contributed by atoms with Crippen molar-refractivity contribution in [1.29, 1.82) is 0 Å². The number of hydrogen-bond acceptors (Lipinski definition) is 4. The number of carbonyl (C=O) groups excluding carboxylic acids is 2. The Morgan fingerprint density at radius 1 is 0.906 bits per heavy atom. The number of halogens is 8. The van der Waals surface area contributed by atoms with Gasteiger partial charge in [0, 0.05) is 5.69 Å². The molecule has 0 saturated heterocycles. The Morgan fingerprint density at radius 2 is 1.44 bits per heavy atom. The summed E-state index contributed by atoms with van der Waals surface area (Å²) in [7, 11) is 0. The normalized spacial score (nSPS) is 13.8. The van der Waals surface area contributed by atoms with Gasteiger partial charge in [0.25, 0.3) is 5.91 Å². The SMILES string of the molecule is CCOC(=O)[C@](NC(=O)c1c(F)cccc1F)(Nc1ccc(C(F)(F)F)cc1)C(F)(F)F. The molecule has 2 aromatic rings. The lowest BCUT2D eigenvalue weighted by Crippen LogP contribution is -2.69. The van der Waals surface area contributed by atoms with Crippen molar-refractivity contribution in [2.45, 2.75) is 24.9 Å². The van der Waals surface area contributed by atoms with Crippen LogP contribution < -0.4 is 10.6 Å².